The Kier molecular flexibility index (Phi) is 11.2. The van der Waals surface area contributed by atoms with Crippen LogP contribution in [0.25, 0.3) is 11.2 Å². The lowest BCUT2D eigenvalue weighted by Gasteiger charge is -2.20. The summed E-state index contributed by atoms with van der Waals surface area (Å²) in [5.41, 5.74) is 11.1. The maximum absolute atomic E-state index is 12.2. The summed E-state index contributed by atoms with van der Waals surface area (Å²) < 4.78 is 59.1. The van der Waals surface area contributed by atoms with Gasteiger partial charge in [0.25, 0.3) is 0 Å². The first-order chi connectivity index (χ1) is 19.0. The number of aliphatic imine (C=N–C) groups is 1. The maximum atomic E-state index is 12.2. The molecule has 21 nitrogen and oxygen atoms in total. The lowest BCUT2D eigenvalue weighted by molar-refractivity contribution is -0.0503. The van der Waals surface area contributed by atoms with Gasteiger partial charge >= 0.3 is 23.5 Å². The van der Waals surface area contributed by atoms with Gasteiger partial charge in [-0.1, -0.05) is 12.2 Å². The number of nitrogens with two attached hydrogens (primary N) is 2. The number of ether oxygens (including phenoxy) is 1. The van der Waals surface area contributed by atoms with Crippen molar-refractivity contribution in [2.24, 2.45) is 16.5 Å². The molecular formula is C16H29N8O13P3S. The van der Waals surface area contributed by atoms with E-state index in [4.69, 9.17) is 38.2 Å². The zero-order valence-electron chi connectivity index (χ0n) is 21.1. The molecule has 1 aliphatic heterocycles. The summed E-state index contributed by atoms with van der Waals surface area (Å²) in [5, 5.41) is 24.2. The molecule has 0 saturated carbocycles. The van der Waals surface area contributed by atoms with Crippen LogP contribution in [0, 0.1) is 4.64 Å². The molecule has 41 heavy (non-hydrogen) atoms. The second kappa shape index (κ2) is 13.6. The number of aliphatic hydroxyl groups excluding tert-OH is 2. The highest BCUT2D eigenvalue weighted by Crippen LogP contribution is 2.68. The molecule has 0 spiro atoms. The number of nitrogens with zero attached hydrogens (tertiary/aromatic N) is 4. The van der Waals surface area contributed by atoms with Crippen molar-refractivity contribution in [3.05, 3.63) is 11.0 Å². The number of anilines is 1. The van der Waals surface area contributed by atoms with Crippen molar-refractivity contribution < 1.29 is 61.0 Å². The molecule has 6 atom stereocenters. The number of hydrogen-bond donors (Lipinski definition) is 9. The molecular weight excluding hydrogens is 637 g/mol. The fourth-order valence-electron chi connectivity index (χ4n) is 3.49. The van der Waals surface area contributed by atoms with Gasteiger partial charge in [-0.25, -0.2) is 23.7 Å². The van der Waals surface area contributed by atoms with Gasteiger partial charge in [-0.15, -0.1) is 0 Å². The number of phosphoric acid groups is 3. The van der Waals surface area contributed by atoms with Gasteiger partial charge in [0, 0.05) is 20.2 Å². The number of hydrogen-bond acceptors (Lipinski definition) is 15. The molecule has 2 aromatic heterocycles. The zero-order valence-corrected chi connectivity index (χ0v) is 24.6. The number of H-pyrrole nitrogens is 1. The fourth-order valence-corrected chi connectivity index (χ4v) is 7.23. The Morgan fingerprint density at radius 1 is 1.22 bits per heavy atom. The van der Waals surface area contributed by atoms with E-state index in [-0.39, 0.29) is 27.7 Å². The second-order valence-corrected chi connectivity index (χ2v) is 13.4. The first-order valence-electron chi connectivity index (χ1n) is 11.4. The summed E-state index contributed by atoms with van der Waals surface area (Å²) in [6.07, 6.45) is -3.38. The Morgan fingerprint density at radius 2 is 1.93 bits per heavy atom. The number of aliphatic hydroxyl groups is 2. The lowest BCUT2D eigenvalue weighted by atomic mass is 10.1. The number of guanidine groups is 1. The molecule has 0 bridgehead atoms. The summed E-state index contributed by atoms with van der Waals surface area (Å²) >= 11 is 5.29. The van der Waals surface area contributed by atoms with Crippen molar-refractivity contribution >= 4 is 58.8 Å². The van der Waals surface area contributed by atoms with E-state index in [1.54, 1.807) is 0 Å². The van der Waals surface area contributed by atoms with E-state index >= 15 is 0 Å². The normalized spacial score (nSPS) is 24.1. The molecule has 3 heterocycles. The Labute approximate surface area is 236 Å². The highest BCUT2D eigenvalue weighted by atomic mass is 32.1. The second-order valence-electron chi connectivity index (χ2n) is 8.27. The maximum Gasteiger partial charge on any atom is 0.492 e. The fraction of sp³-hybridized carbons (Fsp3) is 0.625. The quantitative estimate of drug-likeness (QED) is 0.0383. The molecule has 3 rings (SSSR count). The molecule has 11 N–H and O–H groups in total. The Balaban J connectivity index is 1.69. The van der Waals surface area contributed by atoms with Crippen molar-refractivity contribution in [2.75, 3.05) is 32.1 Å². The topological polar surface area (TPSA) is 321 Å². The van der Waals surface area contributed by atoms with Crippen LogP contribution in [-0.4, -0.2) is 95.5 Å². The molecule has 232 valence electrons. The van der Waals surface area contributed by atoms with Crippen LogP contribution in [0.1, 0.15) is 19.1 Å². The highest BCUT2D eigenvalue weighted by molar-refractivity contribution is 7.71. The average Bonchev–Trinajstić information content (AvgIpc) is 3.39. The number of fused-ring (bicyclic) bond motifs is 1. The van der Waals surface area contributed by atoms with Crippen LogP contribution >= 0.6 is 35.7 Å². The van der Waals surface area contributed by atoms with Crippen LogP contribution in [0.15, 0.2) is 11.3 Å². The number of aromatic amines is 1. The standard InChI is InChI=1S/C16H29N8O13P3S/c1-33-40(32,36-38(27,28)29)37-39(30,31)34-6-8-10(25)11(26)14(35-8)24-7-21-9-12(24)22-16(23-13(9)41)20-5-3-2-4-19-15(17)18/h7-8,10-11,14,25-26H,2-6H2,1H3,(H,30,31)(H4,17,18,19)(H2,27,28,29)(H2,20,22,23,41)/t8-,10+,11?,14?,40?/m1/s1. The summed E-state index contributed by atoms with van der Waals surface area (Å²) in [7, 11) is -15.5. The largest absolute Gasteiger partial charge is 0.492 e. The van der Waals surface area contributed by atoms with Crippen LogP contribution in [-0.2, 0) is 36.1 Å². The third-order valence-corrected chi connectivity index (χ3v) is 9.75. The van der Waals surface area contributed by atoms with E-state index in [1.807, 2.05) is 0 Å². The molecule has 1 aliphatic rings. The molecule has 0 amide bonds. The summed E-state index contributed by atoms with van der Waals surface area (Å²) in [6, 6.07) is 0. The minimum atomic E-state index is -5.47. The summed E-state index contributed by atoms with van der Waals surface area (Å²) in [6.45, 7) is 0.0180. The van der Waals surface area contributed by atoms with Gasteiger partial charge in [0.2, 0.25) is 5.95 Å². The number of imidazole rings is 1. The zero-order chi connectivity index (χ0) is 30.6. The summed E-state index contributed by atoms with van der Waals surface area (Å²) in [4.78, 5) is 42.7. The summed E-state index contributed by atoms with van der Waals surface area (Å²) in [5.74, 6) is 0.276. The molecule has 0 aromatic carbocycles. The van der Waals surface area contributed by atoms with Crippen molar-refractivity contribution in [3.63, 3.8) is 0 Å². The van der Waals surface area contributed by atoms with Crippen molar-refractivity contribution in [1.82, 2.24) is 19.5 Å². The number of rotatable bonds is 15. The van der Waals surface area contributed by atoms with Gasteiger partial charge in [-0.3, -0.25) is 18.6 Å². The predicted molar refractivity (Wildman–Crippen MR) is 142 cm³/mol. The van der Waals surface area contributed by atoms with Crippen LogP contribution in [0.4, 0.5) is 5.95 Å². The average molecular weight is 666 g/mol. The molecule has 0 aliphatic carbocycles. The number of phosphoric ester groups is 1. The van der Waals surface area contributed by atoms with Crippen molar-refractivity contribution in [3.8, 4) is 0 Å². The Bertz CT molecular complexity index is 1450. The van der Waals surface area contributed by atoms with Gasteiger partial charge in [0.05, 0.1) is 12.9 Å². The minimum absolute atomic E-state index is 0.000978. The van der Waals surface area contributed by atoms with Gasteiger partial charge in [0.15, 0.2) is 16.8 Å². The number of aromatic nitrogens is 4. The van der Waals surface area contributed by atoms with E-state index in [0.29, 0.717) is 33.0 Å². The Morgan fingerprint density at radius 3 is 2.56 bits per heavy atom. The van der Waals surface area contributed by atoms with Gasteiger partial charge in [-0.05, 0) is 12.8 Å². The predicted octanol–water partition coefficient (Wildman–Crippen LogP) is -0.429. The van der Waals surface area contributed by atoms with Gasteiger partial charge in [0.1, 0.15) is 29.5 Å². The highest BCUT2D eigenvalue weighted by Gasteiger charge is 2.47. The lowest BCUT2D eigenvalue weighted by Crippen LogP contribution is -2.33. The van der Waals surface area contributed by atoms with E-state index < -0.39 is 54.6 Å². The molecule has 0 radical (unpaired) electrons. The Hall–Kier alpha value is -1.87. The smallest absolute Gasteiger partial charge is 0.387 e. The SMILES string of the molecule is COP(=O)(OP(=O)(O)O)OP(=O)(O)OC[C@H]1OC(n2cnc3c(=S)nc(NCCCCN=C(N)N)[nH]c32)C(O)[C@H]1O. The number of unbranched alkanes of at least 4 members (excludes halogenated alkanes) is 1. The molecule has 4 unspecified atom stereocenters. The van der Waals surface area contributed by atoms with Crippen LogP contribution in [0.5, 0.6) is 0 Å². The first-order valence-corrected chi connectivity index (χ1v) is 16.3. The minimum Gasteiger partial charge on any atom is -0.387 e. The van der Waals surface area contributed by atoms with Crippen molar-refractivity contribution in [1.29, 1.82) is 0 Å². The van der Waals surface area contributed by atoms with E-state index in [2.05, 4.69) is 42.9 Å². The van der Waals surface area contributed by atoms with Crippen molar-refractivity contribution in [2.45, 2.75) is 37.4 Å². The van der Waals surface area contributed by atoms with Crippen LogP contribution < -0.4 is 16.8 Å². The molecule has 2 aromatic rings. The van der Waals surface area contributed by atoms with Crippen LogP contribution in [0.2, 0.25) is 0 Å². The van der Waals surface area contributed by atoms with E-state index in [9.17, 15) is 28.8 Å². The monoisotopic (exact) mass is 666 g/mol. The number of nitrogens with one attached hydrogen (secondary N) is 2. The van der Waals surface area contributed by atoms with Gasteiger partial charge < -0.3 is 51.4 Å². The van der Waals surface area contributed by atoms with E-state index in [0.717, 1.165) is 0 Å². The van der Waals surface area contributed by atoms with Gasteiger partial charge in [-0.2, -0.15) is 8.62 Å². The first kappa shape index (κ1) is 33.6. The third kappa shape index (κ3) is 9.31. The molecule has 1 saturated heterocycles. The third-order valence-electron chi connectivity index (χ3n) is 5.26. The molecule has 1 fully saturated rings. The van der Waals surface area contributed by atoms with Crippen LogP contribution in [0.3, 0.4) is 0 Å². The molecule has 25 heteroatoms. The van der Waals surface area contributed by atoms with E-state index in [1.165, 1.54) is 10.9 Å².